The number of thiophene rings is 1. The maximum atomic E-state index is 11.7. The first-order valence-corrected chi connectivity index (χ1v) is 7.06. The third-order valence-corrected chi connectivity index (χ3v) is 4.58. The number of rotatable bonds is 3. The van der Waals surface area contributed by atoms with Crippen LogP contribution in [0, 0.1) is 0 Å². The van der Waals surface area contributed by atoms with Gasteiger partial charge in [-0.1, -0.05) is 0 Å². The summed E-state index contributed by atoms with van der Waals surface area (Å²) in [5.74, 6) is 0.146. The number of hydrogen-bond acceptors (Lipinski definition) is 3. The summed E-state index contributed by atoms with van der Waals surface area (Å²) in [4.78, 5) is 15.2. The Bertz CT molecular complexity index is 380. The Kier molecular flexibility index (Phi) is 4.00. The number of nitrogens with one attached hydrogen (secondary N) is 1. The van der Waals surface area contributed by atoms with E-state index >= 15 is 0 Å². The third kappa shape index (κ3) is 2.64. The van der Waals surface area contributed by atoms with Gasteiger partial charge in [-0.3, -0.25) is 9.69 Å². The molecule has 0 spiro atoms. The number of carbonyl (C=O) groups excluding carboxylic acids is 1. The first-order valence-electron chi connectivity index (χ1n) is 5.39. The maximum Gasteiger partial charge on any atom is 0.237 e. The van der Waals surface area contributed by atoms with Crippen LogP contribution in [0.5, 0.6) is 0 Å². The fraction of sp³-hybridized carbons (Fsp3) is 0.545. The Morgan fingerprint density at radius 2 is 2.56 bits per heavy atom. The van der Waals surface area contributed by atoms with Crippen molar-refractivity contribution in [3.05, 3.63) is 20.8 Å². The fourth-order valence-corrected chi connectivity index (χ4v) is 3.59. The van der Waals surface area contributed by atoms with Gasteiger partial charge < -0.3 is 5.32 Å². The van der Waals surface area contributed by atoms with E-state index in [1.54, 1.807) is 18.4 Å². The Balaban J connectivity index is 2.01. The molecule has 88 valence electrons. The van der Waals surface area contributed by atoms with Gasteiger partial charge >= 0.3 is 0 Å². The van der Waals surface area contributed by atoms with Crippen LogP contribution in [0.15, 0.2) is 15.9 Å². The van der Waals surface area contributed by atoms with Crippen LogP contribution in [-0.4, -0.2) is 30.4 Å². The lowest BCUT2D eigenvalue weighted by atomic mass is 10.2. The minimum absolute atomic E-state index is 0.0610. The normalized spacial score (nSPS) is 21.2. The molecule has 16 heavy (non-hydrogen) atoms. The molecule has 0 aromatic carbocycles. The van der Waals surface area contributed by atoms with Crippen LogP contribution < -0.4 is 5.32 Å². The zero-order valence-electron chi connectivity index (χ0n) is 9.20. The molecule has 1 aliphatic rings. The minimum atomic E-state index is 0.0610. The van der Waals surface area contributed by atoms with E-state index in [1.165, 1.54) is 4.88 Å². The van der Waals surface area contributed by atoms with Crippen LogP contribution in [0.2, 0.25) is 0 Å². The summed E-state index contributed by atoms with van der Waals surface area (Å²) in [7, 11) is 1.71. The quantitative estimate of drug-likeness (QED) is 0.928. The van der Waals surface area contributed by atoms with E-state index in [-0.39, 0.29) is 11.9 Å². The van der Waals surface area contributed by atoms with Gasteiger partial charge in [0.05, 0.1) is 6.04 Å². The highest BCUT2D eigenvalue weighted by atomic mass is 79.9. The largest absolute Gasteiger partial charge is 0.358 e. The summed E-state index contributed by atoms with van der Waals surface area (Å²) < 4.78 is 1.13. The predicted molar refractivity (Wildman–Crippen MR) is 69.5 cm³/mol. The molecule has 0 aliphatic carbocycles. The van der Waals surface area contributed by atoms with Crippen molar-refractivity contribution in [1.29, 1.82) is 0 Å². The zero-order valence-corrected chi connectivity index (χ0v) is 11.6. The van der Waals surface area contributed by atoms with Crippen molar-refractivity contribution in [1.82, 2.24) is 10.2 Å². The van der Waals surface area contributed by atoms with Crippen molar-refractivity contribution >= 4 is 33.2 Å². The smallest absolute Gasteiger partial charge is 0.237 e. The van der Waals surface area contributed by atoms with Crippen LogP contribution in [0.25, 0.3) is 0 Å². The molecule has 1 fully saturated rings. The van der Waals surface area contributed by atoms with Crippen molar-refractivity contribution in [2.45, 2.75) is 25.4 Å². The molecule has 1 N–H and O–H groups in total. The van der Waals surface area contributed by atoms with Gasteiger partial charge in [0.25, 0.3) is 0 Å². The summed E-state index contributed by atoms with van der Waals surface area (Å²) in [5.41, 5.74) is 0. The Hall–Kier alpha value is -0.390. The minimum Gasteiger partial charge on any atom is -0.358 e. The molecule has 1 aromatic heterocycles. The van der Waals surface area contributed by atoms with Gasteiger partial charge in [0, 0.05) is 28.3 Å². The average Bonchev–Trinajstić information content (AvgIpc) is 2.87. The van der Waals surface area contributed by atoms with Crippen LogP contribution in [0.3, 0.4) is 0 Å². The Morgan fingerprint density at radius 3 is 3.19 bits per heavy atom. The topological polar surface area (TPSA) is 32.3 Å². The molecule has 1 unspecified atom stereocenters. The van der Waals surface area contributed by atoms with E-state index < -0.39 is 0 Å². The van der Waals surface area contributed by atoms with E-state index in [0.29, 0.717) is 0 Å². The molecule has 1 aromatic rings. The second-order valence-electron chi connectivity index (χ2n) is 3.97. The van der Waals surface area contributed by atoms with Crippen LogP contribution in [0.1, 0.15) is 17.7 Å². The highest BCUT2D eigenvalue weighted by molar-refractivity contribution is 9.10. The fourth-order valence-electron chi connectivity index (χ4n) is 2.12. The van der Waals surface area contributed by atoms with Crippen molar-refractivity contribution in [2.75, 3.05) is 13.6 Å². The number of carbonyl (C=O) groups is 1. The SMILES string of the molecule is CNC(=O)C1CCCN1Cc1cc(Br)cs1. The second kappa shape index (κ2) is 5.29. The summed E-state index contributed by atoms with van der Waals surface area (Å²) in [5, 5.41) is 4.83. The summed E-state index contributed by atoms with van der Waals surface area (Å²) >= 11 is 5.19. The standard InChI is InChI=1S/C11H15BrN2OS/c1-13-11(15)10-3-2-4-14(10)6-9-5-8(12)7-16-9/h5,7,10H,2-4,6H2,1H3,(H,13,15). The molecule has 2 rings (SSSR count). The van der Waals surface area contributed by atoms with Crippen LogP contribution >= 0.6 is 27.3 Å². The lowest BCUT2D eigenvalue weighted by Gasteiger charge is -2.22. The lowest BCUT2D eigenvalue weighted by Crippen LogP contribution is -2.41. The van der Waals surface area contributed by atoms with Gasteiger partial charge in [-0.15, -0.1) is 11.3 Å². The summed E-state index contributed by atoms with van der Waals surface area (Å²) in [6, 6.07) is 2.19. The Labute approximate surface area is 108 Å². The predicted octanol–water partition coefficient (Wildman–Crippen LogP) is 2.22. The number of halogens is 1. The van der Waals surface area contributed by atoms with Crippen molar-refractivity contribution in [3.63, 3.8) is 0 Å². The molecule has 0 saturated carbocycles. The highest BCUT2D eigenvalue weighted by Crippen LogP contribution is 2.25. The van der Waals surface area contributed by atoms with Gasteiger partial charge in [0.1, 0.15) is 0 Å². The van der Waals surface area contributed by atoms with Crippen molar-refractivity contribution in [3.8, 4) is 0 Å². The van der Waals surface area contributed by atoms with Gasteiger partial charge in [0.15, 0.2) is 0 Å². The van der Waals surface area contributed by atoms with Crippen molar-refractivity contribution < 1.29 is 4.79 Å². The molecule has 1 amide bonds. The molecule has 0 radical (unpaired) electrons. The van der Waals surface area contributed by atoms with Crippen molar-refractivity contribution in [2.24, 2.45) is 0 Å². The second-order valence-corrected chi connectivity index (χ2v) is 5.89. The van der Waals surface area contributed by atoms with Gasteiger partial charge in [-0.25, -0.2) is 0 Å². The van der Waals surface area contributed by atoms with Gasteiger partial charge in [-0.2, -0.15) is 0 Å². The molecular formula is C11H15BrN2OS. The molecule has 1 saturated heterocycles. The van der Waals surface area contributed by atoms with Crippen LogP contribution in [-0.2, 0) is 11.3 Å². The molecular weight excluding hydrogens is 288 g/mol. The zero-order chi connectivity index (χ0) is 11.5. The number of likely N-dealkylation sites (tertiary alicyclic amines) is 1. The molecule has 3 nitrogen and oxygen atoms in total. The van der Waals surface area contributed by atoms with E-state index in [2.05, 4.69) is 37.6 Å². The average molecular weight is 303 g/mol. The number of likely N-dealkylation sites (N-methyl/N-ethyl adjacent to an activating group) is 1. The van der Waals surface area contributed by atoms with Crippen LogP contribution in [0.4, 0.5) is 0 Å². The molecule has 1 atom stereocenters. The van der Waals surface area contributed by atoms with E-state index in [9.17, 15) is 4.79 Å². The van der Waals surface area contributed by atoms with Gasteiger partial charge in [0.2, 0.25) is 5.91 Å². The lowest BCUT2D eigenvalue weighted by molar-refractivity contribution is -0.125. The molecule has 1 aliphatic heterocycles. The highest BCUT2D eigenvalue weighted by Gasteiger charge is 2.29. The number of hydrogen-bond donors (Lipinski definition) is 1. The van der Waals surface area contributed by atoms with E-state index in [0.717, 1.165) is 30.4 Å². The monoisotopic (exact) mass is 302 g/mol. The summed E-state index contributed by atoms with van der Waals surface area (Å²) in [6.45, 7) is 1.90. The summed E-state index contributed by atoms with van der Waals surface area (Å²) in [6.07, 6.45) is 2.09. The molecule has 0 bridgehead atoms. The van der Waals surface area contributed by atoms with E-state index in [4.69, 9.17) is 0 Å². The maximum absolute atomic E-state index is 11.7. The number of nitrogens with zero attached hydrogens (tertiary/aromatic N) is 1. The first-order chi connectivity index (χ1) is 7.70. The third-order valence-electron chi connectivity index (χ3n) is 2.89. The van der Waals surface area contributed by atoms with E-state index in [1.807, 2.05) is 0 Å². The number of amides is 1. The first kappa shape index (κ1) is 12.1. The van der Waals surface area contributed by atoms with Gasteiger partial charge in [-0.05, 0) is 41.4 Å². The molecule has 2 heterocycles. The Morgan fingerprint density at radius 1 is 1.75 bits per heavy atom. The molecule has 5 heteroatoms.